The average Bonchev–Trinajstić information content (AvgIpc) is 2.70. The van der Waals surface area contributed by atoms with Gasteiger partial charge in [0.2, 0.25) is 10.0 Å². The lowest BCUT2D eigenvalue weighted by atomic mass is 10.1. The van der Waals surface area contributed by atoms with Crippen molar-refractivity contribution >= 4 is 10.0 Å². The third-order valence-electron chi connectivity index (χ3n) is 3.18. The van der Waals surface area contributed by atoms with Gasteiger partial charge in [0, 0.05) is 32.4 Å². The molecule has 0 atom stereocenters. The van der Waals surface area contributed by atoms with E-state index in [9.17, 15) is 8.42 Å². The highest BCUT2D eigenvalue weighted by molar-refractivity contribution is 7.89. The van der Waals surface area contributed by atoms with Crippen molar-refractivity contribution in [3.8, 4) is 11.1 Å². The van der Waals surface area contributed by atoms with Gasteiger partial charge in [0.1, 0.15) is 0 Å². The Morgan fingerprint density at radius 1 is 1.16 bits per heavy atom. The maximum Gasteiger partial charge on any atom is 0.242 e. The summed E-state index contributed by atoms with van der Waals surface area (Å²) >= 11 is 0. The molecule has 0 aliphatic heterocycles. The molecule has 1 heterocycles. The van der Waals surface area contributed by atoms with Gasteiger partial charge < -0.3 is 0 Å². The summed E-state index contributed by atoms with van der Waals surface area (Å²) < 4.78 is 26.9. The van der Waals surface area contributed by atoms with E-state index in [-0.39, 0.29) is 0 Å². The molecular weight excluding hydrogens is 262 g/mol. The Balaban J connectivity index is 2.42. The fraction of sp³-hybridized carbons (Fsp3) is 0.308. The highest BCUT2D eigenvalue weighted by Gasteiger charge is 2.17. The zero-order chi connectivity index (χ0) is 14.2. The van der Waals surface area contributed by atoms with Crippen molar-refractivity contribution in [2.75, 3.05) is 14.1 Å². The highest BCUT2D eigenvalue weighted by atomic mass is 32.2. The van der Waals surface area contributed by atoms with E-state index in [0.29, 0.717) is 4.90 Å². The summed E-state index contributed by atoms with van der Waals surface area (Å²) in [7, 11) is 1.56. The first-order valence-electron chi connectivity index (χ1n) is 5.85. The van der Waals surface area contributed by atoms with E-state index in [1.165, 1.54) is 18.4 Å². The topological polar surface area (TPSA) is 55.2 Å². The van der Waals surface area contributed by atoms with Crippen molar-refractivity contribution in [3.63, 3.8) is 0 Å². The average molecular weight is 279 g/mol. The van der Waals surface area contributed by atoms with Crippen LogP contribution in [0.4, 0.5) is 0 Å². The molecule has 1 aromatic heterocycles. The van der Waals surface area contributed by atoms with E-state index in [0.717, 1.165) is 16.8 Å². The van der Waals surface area contributed by atoms with E-state index in [1.54, 1.807) is 35.1 Å². The molecule has 0 fully saturated rings. The SMILES string of the molecule is Cc1c(-c2ccc(S(=O)(=O)N(C)C)cc2)cnn1C. The molecule has 0 spiro atoms. The molecule has 0 aliphatic rings. The predicted molar refractivity (Wildman–Crippen MR) is 74.3 cm³/mol. The Morgan fingerprint density at radius 3 is 2.16 bits per heavy atom. The van der Waals surface area contributed by atoms with Crippen molar-refractivity contribution in [3.05, 3.63) is 36.2 Å². The van der Waals surface area contributed by atoms with Crippen LogP contribution in [-0.2, 0) is 17.1 Å². The summed E-state index contributed by atoms with van der Waals surface area (Å²) in [6, 6.07) is 6.86. The van der Waals surface area contributed by atoms with Gasteiger partial charge in [-0.3, -0.25) is 4.68 Å². The van der Waals surface area contributed by atoms with Crippen molar-refractivity contribution in [2.45, 2.75) is 11.8 Å². The molecule has 1 aromatic carbocycles. The number of aromatic nitrogens is 2. The summed E-state index contributed by atoms with van der Waals surface area (Å²) in [4.78, 5) is 0.294. The summed E-state index contributed by atoms with van der Waals surface area (Å²) in [6.45, 7) is 1.98. The monoisotopic (exact) mass is 279 g/mol. The van der Waals surface area contributed by atoms with Crippen molar-refractivity contribution in [1.82, 2.24) is 14.1 Å². The van der Waals surface area contributed by atoms with Crippen LogP contribution >= 0.6 is 0 Å². The van der Waals surface area contributed by atoms with Crippen molar-refractivity contribution < 1.29 is 8.42 Å². The van der Waals surface area contributed by atoms with Gasteiger partial charge in [-0.05, 0) is 24.6 Å². The fourth-order valence-corrected chi connectivity index (χ4v) is 2.70. The fourth-order valence-electron chi connectivity index (χ4n) is 1.80. The molecule has 0 bridgehead atoms. The largest absolute Gasteiger partial charge is 0.272 e. The van der Waals surface area contributed by atoms with Crippen molar-refractivity contribution in [2.24, 2.45) is 7.05 Å². The smallest absolute Gasteiger partial charge is 0.242 e. The molecule has 102 valence electrons. The second-order valence-corrected chi connectivity index (χ2v) is 6.73. The molecule has 0 N–H and O–H groups in total. The van der Waals surface area contributed by atoms with Crippen LogP contribution in [0, 0.1) is 6.92 Å². The maximum atomic E-state index is 12.0. The normalized spacial score (nSPS) is 12.1. The van der Waals surface area contributed by atoms with Crippen LogP contribution in [0.25, 0.3) is 11.1 Å². The molecule has 2 aromatic rings. The highest BCUT2D eigenvalue weighted by Crippen LogP contribution is 2.24. The lowest BCUT2D eigenvalue weighted by molar-refractivity contribution is 0.521. The molecule has 0 unspecified atom stereocenters. The summed E-state index contributed by atoms with van der Waals surface area (Å²) in [6.07, 6.45) is 1.78. The van der Waals surface area contributed by atoms with Gasteiger partial charge in [0.25, 0.3) is 0 Å². The second kappa shape index (κ2) is 4.79. The van der Waals surface area contributed by atoms with E-state index in [2.05, 4.69) is 5.10 Å². The number of benzene rings is 1. The van der Waals surface area contributed by atoms with Crippen LogP contribution in [0.15, 0.2) is 35.4 Å². The number of hydrogen-bond acceptors (Lipinski definition) is 3. The standard InChI is InChI=1S/C13H17N3O2S/c1-10-13(9-14-16(10)4)11-5-7-12(8-6-11)19(17,18)15(2)3/h5-9H,1-4H3. The Labute approximate surface area is 113 Å². The minimum atomic E-state index is -3.37. The third kappa shape index (κ3) is 2.41. The van der Waals surface area contributed by atoms with Gasteiger partial charge >= 0.3 is 0 Å². The molecule has 0 aliphatic carbocycles. The Bertz CT molecular complexity index is 685. The first-order chi connectivity index (χ1) is 8.84. The number of nitrogens with zero attached hydrogens (tertiary/aromatic N) is 3. The molecule has 6 heteroatoms. The number of sulfonamides is 1. The lowest BCUT2D eigenvalue weighted by Crippen LogP contribution is -2.22. The Morgan fingerprint density at radius 2 is 1.74 bits per heavy atom. The minimum absolute atomic E-state index is 0.294. The molecule has 19 heavy (non-hydrogen) atoms. The summed E-state index contributed by atoms with van der Waals surface area (Å²) in [5, 5.41) is 4.18. The third-order valence-corrected chi connectivity index (χ3v) is 5.01. The van der Waals surface area contributed by atoms with Crippen LogP contribution in [0.5, 0.6) is 0 Å². The van der Waals surface area contributed by atoms with Gasteiger partial charge in [-0.2, -0.15) is 5.10 Å². The zero-order valence-electron chi connectivity index (χ0n) is 11.5. The number of rotatable bonds is 3. The van der Waals surface area contributed by atoms with Crippen LogP contribution in [-0.4, -0.2) is 36.6 Å². The molecule has 0 amide bonds. The van der Waals surface area contributed by atoms with Gasteiger partial charge in [-0.25, -0.2) is 12.7 Å². The molecule has 5 nitrogen and oxygen atoms in total. The maximum absolute atomic E-state index is 12.0. The first kappa shape index (κ1) is 13.8. The van der Waals surface area contributed by atoms with Crippen LogP contribution < -0.4 is 0 Å². The summed E-state index contributed by atoms with van der Waals surface area (Å²) in [5.41, 5.74) is 3.02. The van der Waals surface area contributed by atoms with Crippen molar-refractivity contribution in [1.29, 1.82) is 0 Å². The molecule has 0 radical (unpaired) electrons. The first-order valence-corrected chi connectivity index (χ1v) is 7.29. The van der Waals surface area contributed by atoms with Gasteiger partial charge in [-0.1, -0.05) is 12.1 Å². The quantitative estimate of drug-likeness (QED) is 0.858. The lowest BCUT2D eigenvalue weighted by Gasteiger charge is -2.11. The number of hydrogen-bond donors (Lipinski definition) is 0. The van der Waals surface area contributed by atoms with E-state index in [1.807, 2.05) is 14.0 Å². The second-order valence-electron chi connectivity index (χ2n) is 4.58. The van der Waals surface area contributed by atoms with E-state index < -0.39 is 10.0 Å². The van der Waals surface area contributed by atoms with E-state index in [4.69, 9.17) is 0 Å². The van der Waals surface area contributed by atoms with Crippen LogP contribution in [0.2, 0.25) is 0 Å². The minimum Gasteiger partial charge on any atom is -0.272 e. The van der Waals surface area contributed by atoms with Crippen LogP contribution in [0.1, 0.15) is 5.69 Å². The van der Waals surface area contributed by atoms with Crippen LogP contribution in [0.3, 0.4) is 0 Å². The summed E-state index contributed by atoms with van der Waals surface area (Å²) in [5.74, 6) is 0. The van der Waals surface area contributed by atoms with Gasteiger partial charge in [0.05, 0.1) is 11.1 Å². The number of aryl methyl sites for hydroxylation is 1. The predicted octanol–water partition coefficient (Wildman–Crippen LogP) is 1.65. The van der Waals surface area contributed by atoms with E-state index >= 15 is 0 Å². The zero-order valence-corrected chi connectivity index (χ0v) is 12.3. The molecule has 0 saturated heterocycles. The molecular formula is C13H17N3O2S. The Hall–Kier alpha value is -1.66. The molecule has 2 rings (SSSR count). The molecule has 0 saturated carbocycles. The Kier molecular flexibility index (Phi) is 3.47. The van der Waals surface area contributed by atoms with Gasteiger partial charge in [0.15, 0.2) is 0 Å². The van der Waals surface area contributed by atoms with Gasteiger partial charge in [-0.15, -0.1) is 0 Å².